The summed E-state index contributed by atoms with van der Waals surface area (Å²) in [7, 11) is 2.56. The van der Waals surface area contributed by atoms with Gasteiger partial charge in [-0.05, 0) is 12.1 Å². The van der Waals surface area contributed by atoms with Gasteiger partial charge in [0.15, 0.2) is 11.5 Å². The monoisotopic (exact) mass is 300 g/mol. The molecule has 2 aromatic rings. The summed E-state index contributed by atoms with van der Waals surface area (Å²) in [5.41, 5.74) is 0.289. The smallest absolute Gasteiger partial charge is 0.353 e. The highest BCUT2D eigenvalue weighted by Gasteiger charge is 2.22. The topological polar surface area (TPSA) is 84.4 Å². The predicted molar refractivity (Wildman–Crippen MR) is 69.1 cm³/mol. The second-order valence-electron chi connectivity index (χ2n) is 3.76. The van der Waals surface area contributed by atoms with E-state index in [1.807, 2.05) is 0 Å². The van der Waals surface area contributed by atoms with Crippen LogP contribution in [0.15, 0.2) is 12.1 Å². The van der Waals surface area contributed by atoms with Crippen LogP contribution in [-0.2, 0) is 0 Å². The highest BCUT2D eigenvalue weighted by atomic mass is 35.5. The van der Waals surface area contributed by atoms with Crippen molar-refractivity contribution in [2.45, 2.75) is 0 Å². The van der Waals surface area contributed by atoms with Crippen LogP contribution in [0.5, 0.6) is 11.5 Å². The van der Waals surface area contributed by atoms with Crippen LogP contribution in [0.1, 0.15) is 10.5 Å². The second kappa shape index (κ2) is 5.38. The van der Waals surface area contributed by atoms with Crippen molar-refractivity contribution in [3.63, 3.8) is 0 Å². The summed E-state index contributed by atoms with van der Waals surface area (Å²) in [6.45, 7) is 0. The van der Waals surface area contributed by atoms with Gasteiger partial charge < -0.3 is 14.6 Å². The number of aromatic amines is 1. The maximum Gasteiger partial charge on any atom is 0.353 e. The molecule has 0 spiro atoms. The van der Waals surface area contributed by atoms with E-state index >= 15 is 0 Å². The lowest BCUT2D eigenvalue weighted by Gasteiger charge is -2.12. The molecule has 0 saturated heterocycles. The standard InChI is InChI=1S/C12H10ClFN2O4/c1-19-10-5(3-6(13)11(20-2)9(10)14)7-4-8(12(17)18)16-15-7/h3-4H,1-2H3,(H,15,16)(H,17,18). The molecule has 1 heterocycles. The van der Waals surface area contributed by atoms with Crippen LogP contribution in [-0.4, -0.2) is 35.5 Å². The van der Waals surface area contributed by atoms with Crippen LogP contribution < -0.4 is 9.47 Å². The van der Waals surface area contributed by atoms with Gasteiger partial charge in [-0.3, -0.25) is 5.10 Å². The van der Waals surface area contributed by atoms with Crippen LogP contribution in [0.4, 0.5) is 4.39 Å². The van der Waals surface area contributed by atoms with Gasteiger partial charge in [-0.25, -0.2) is 4.79 Å². The molecule has 2 N–H and O–H groups in total. The normalized spacial score (nSPS) is 10.4. The number of aromatic carboxylic acids is 1. The quantitative estimate of drug-likeness (QED) is 0.906. The fraction of sp³-hybridized carbons (Fsp3) is 0.167. The summed E-state index contributed by atoms with van der Waals surface area (Å²) < 4.78 is 24.0. The van der Waals surface area contributed by atoms with Gasteiger partial charge in [0.1, 0.15) is 5.69 Å². The molecule has 8 heteroatoms. The van der Waals surface area contributed by atoms with Crippen molar-refractivity contribution in [3.05, 3.63) is 28.7 Å². The summed E-state index contributed by atoms with van der Waals surface area (Å²) in [4.78, 5) is 10.8. The number of aromatic nitrogens is 2. The summed E-state index contributed by atoms with van der Waals surface area (Å²) in [5.74, 6) is -2.24. The minimum Gasteiger partial charge on any atom is -0.493 e. The molecule has 1 aromatic heterocycles. The molecular formula is C12H10ClFN2O4. The Bertz CT molecular complexity index is 672. The molecule has 0 aliphatic carbocycles. The molecule has 6 nitrogen and oxygen atoms in total. The molecule has 106 valence electrons. The molecule has 0 saturated carbocycles. The summed E-state index contributed by atoms with van der Waals surface area (Å²) >= 11 is 5.91. The number of hydrogen-bond donors (Lipinski definition) is 2. The van der Waals surface area contributed by atoms with E-state index in [0.29, 0.717) is 0 Å². The van der Waals surface area contributed by atoms with E-state index in [4.69, 9.17) is 26.2 Å². The van der Waals surface area contributed by atoms with Gasteiger partial charge in [-0.15, -0.1) is 0 Å². The molecule has 1 aromatic carbocycles. The fourth-order valence-electron chi connectivity index (χ4n) is 1.73. The summed E-state index contributed by atoms with van der Waals surface area (Å²) in [6, 6.07) is 2.65. The van der Waals surface area contributed by atoms with Gasteiger partial charge in [0.2, 0.25) is 5.82 Å². The highest BCUT2D eigenvalue weighted by Crippen LogP contribution is 2.41. The average molecular weight is 301 g/mol. The molecule has 0 aliphatic rings. The second-order valence-corrected chi connectivity index (χ2v) is 4.17. The Morgan fingerprint density at radius 3 is 2.50 bits per heavy atom. The Kier molecular flexibility index (Phi) is 3.80. The van der Waals surface area contributed by atoms with Crippen molar-refractivity contribution in [3.8, 4) is 22.8 Å². The van der Waals surface area contributed by atoms with Crippen LogP contribution in [0.25, 0.3) is 11.3 Å². The van der Waals surface area contributed by atoms with Crippen molar-refractivity contribution >= 4 is 17.6 Å². The van der Waals surface area contributed by atoms with Crippen LogP contribution >= 0.6 is 11.6 Å². The fourth-order valence-corrected chi connectivity index (χ4v) is 2.00. The van der Waals surface area contributed by atoms with Crippen molar-refractivity contribution < 1.29 is 23.8 Å². The number of halogens is 2. The molecular weight excluding hydrogens is 291 g/mol. The van der Waals surface area contributed by atoms with Gasteiger partial charge in [-0.2, -0.15) is 9.49 Å². The molecule has 0 radical (unpaired) electrons. The molecule has 0 unspecified atom stereocenters. The lowest BCUT2D eigenvalue weighted by atomic mass is 10.1. The molecule has 2 rings (SSSR count). The zero-order valence-electron chi connectivity index (χ0n) is 10.5. The summed E-state index contributed by atoms with van der Waals surface area (Å²) in [5, 5.41) is 15.0. The van der Waals surface area contributed by atoms with E-state index < -0.39 is 11.8 Å². The third-order valence-corrected chi connectivity index (χ3v) is 2.90. The number of carboxylic acids is 1. The molecule has 0 atom stereocenters. The molecule has 0 fully saturated rings. The van der Waals surface area contributed by atoms with Crippen LogP contribution in [0, 0.1) is 5.82 Å². The zero-order valence-corrected chi connectivity index (χ0v) is 11.3. The van der Waals surface area contributed by atoms with E-state index in [1.54, 1.807) is 0 Å². The van der Waals surface area contributed by atoms with E-state index in [2.05, 4.69) is 10.2 Å². The first-order valence-corrected chi connectivity index (χ1v) is 5.76. The number of carboxylic acid groups (broad SMARTS) is 1. The first kappa shape index (κ1) is 14.1. The molecule has 0 amide bonds. The maximum atomic E-state index is 14.2. The molecule has 20 heavy (non-hydrogen) atoms. The number of hydrogen-bond acceptors (Lipinski definition) is 4. The first-order valence-electron chi connectivity index (χ1n) is 5.38. The van der Waals surface area contributed by atoms with Gasteiger partial charge in [-0.1, -0.05) is 11.6 Å². The minimum absolute atomic E-state index is 0.0284. The Hall–Kier alpha value is -2.28. The Morgan fingerprint density at radius 2 is 2.00 bits per heavy atom. The van der Waals surface area contributed by atoms with Crippen molar-refractivity contribution in [1.82, 2.24) is 10.2 Å². The van der Waals surface area contributed by atoms with Gasteiger partial charge in [0, 0.05) is 5.56 Å². The van der Waals surface area contributed by atoms with Crippen molar-refractivity contribution in [2.24, 2.45) is 0 Å². The number of nitrogens with zero attached hydrogens (tertiary/aromatic N) is 1. The number of carbonyl (C=O) groups is 1. The van der Waals surface area contributed by atoms with E-state index in [0.717, 1.165) is 0 Å². The third kappa shape index (κ3) is 2.27. The van der Waals surface area contributed by atoms with Crippen LogP contribution in [0.3, 0.4) is 0 Å². The Morgan fingerprint density at radius 1 is 1.35 bits per heavy atom. The number of nitrogens with one attached hydrogen (secondary N) is 1. The Balaban J connectivity index is 2.63. The third-order valence-electron chi connectivity index (χ3n) is 2.62. The Labute approximate surface area is 118 Å². The predicted octanol–water partition coefficient (Wildman–Crippen LogP) is 2.58. The minimum atomic E-state index is -1.18. The maximum absolute atomic E-state index is 14.2. The van der Waals surface area contributed by atoms with E-state index in [1.165, 1.54) is 26.4 Å². The number of rotatable bonds is 4. The first-order chi connectivity index (χ1) is 9.49. The number of H-pyrrole nitrogens is 1. The number of ether oxygens (including phenoxy) is 2. The van der Waals surface area contributed by atoms with Gasteiger partial charge in [0.05, 0.1) is 24.9 Å². The van der Waals surface area contributed by atoms with Crippen molar-refractivity contribution in [2.75, 3.05) is 14.2 Å². The van der Waals surface area contributed by atoms with E-state index in [-0.39, 0.29) is 33.5 Å². The zero-order chi connectivity index (χ0) is 14.9. The lowest BCUT2D eigenvalue weighted by Crippen LogP contribution is -1.97. The summed E-state index contributed by atoms with van der Waals surface area (Å²) in [6.07, 6.45) is 0. The van der Waals surface area contributed by atoms with Crippen molar-refractivity contribution in [1.29, 1.82) is 0 Å². The highest BCUT2D eigenvalue weighted by molar-refractivity contribution is 6.32. The number of methoxy groups -OCH3 is 2. The van der Waals surface area contributed by atoms with Crippen LogP contribution in [0.2, 0.25) is 5.02 Å². The van der Waals surface area contributed by atoms with Gasteiger partial charge in [0.25, 0.3) is 0 Å². The van der Waals surface area contributed by atoms with E-state index in [9.17, 15) is 9.18 Å². The lowest BCUT2D eigenvalue weighted by molar-refractivity contribution is 0.0690. The molecule has 0 aliphatic heterocycles. The average Bonchev–Trinajstić information content (AvgIpc) is 2.88. The SMILES string of the molecule is COc1c(Cl)cc(-c2cc(C(=O)O)[nH]n2)c(OC)c1F. The van der Waals surface area contributed by atoms with Gasteiger partial charge >= 0.3 is 5.97 Å². The largest absolute Gasteiger partial charge is 0.493 e. The number of benzene rings is 1. The molecule has 0 bridgehead atoms.